The van der Waals surface area contributed by atoms with Crippen LogP contribution in [0.2, 0.25) is 0 Å². The van der Waals surface area contributed by atoms with Gasteiger partial charge in [-0.2, -0.15) is 4.72 Å². The van der Waals surface area contributed by atoms with Crippen LogP contribution in [0.25, 0.3) is 0 Å². The number of sulfonamides is 1. The Morgan fingerprint density at radius 2 is 1.63 bits per heavy atom. The predicted molar refractivity (Wildman–Crippen MR) is 101 cm³/mol. The first-order valence-electron chi connectivity index (χ1n) is 8.70. The van der Waals surface area contributed by atoms with Gasteiger partial charge in [-0.05, 0) is 30.2 Å². The zero-order valence-corrected chi connectivity index (χ0v) is 16.8. The molecule has 2 N–H and O–H groups in total. The lowest BCUT2D eigenvalue weighted by atomic mass is 10.1. The summed E-state index contributed by atoms with van der Waals surface area (Å²) < 4.78 is 71.6. The molecular formula is C19H19F3N2O5S. The van der Waals surface area contributed by atoms with Gasteiger partial charge in [0, 0.05) is 0 Å². The second-order valence-electron chi connectivity index (χ2n) is 6.53. The monoisotopic (exact) mass is 444 g/mol. The number of nitrogens with one attached hydrogen (secondary N) is 2. The highest BCUT2D eigenvalue weighted by atomic mass is 32.2. The van der Waals surface area contributed by atoms with E-state index in [-0.39, 0.29) is 4.90 Å². The highest BCUT2D eigenvalue weighted by Crippen LogP contribution is 2.19. The first-order valence-corrected chi connectivity index (χ1v) is 10.2. The summed E-state index contributed by atoms with van der Waals surface area (Å²) in [6, 6.07) is 7.46. The van der Waals surface area contributed by atoms with Crippen molar-refractivity contribution in [2.45, 2.75) is 24.8 Å². The average molecular weight is 444 g/mol. The van der Waals surface area contributed by atoms with Crippen molar-refractivity contribution in [1.82, 2.24) is 4.72 Å². The third kappa shape index (κ3) is 5.80. The number of benzene rings is 2. The number of amides is 1. The molecule has 162 valence electrons. The van der Waals surface area contributed by atoms with Crippen LogP contribution in [0.15, 0.2) is 47.4 Å². The zero-order chi connectivity index (χ0) is 22.5. The van der Waals surface area contributed by atoms with Crippen molar-refractivity contribution in [3.05, 3.63) is 59.9 Å². The standard InChI is InChI=1S/C19H19F3N2O5S/c1-11(2)18(24-30(27,28)12-6-4-3-5-7-12)19(26)29-10-15(25)23-14-9-8-13(20)16(21)17(14)22/h3-9,11,18,24H,10H2,1-2H3,(H,23,25)/t18-/m0/s1. The van der Waals surface area contributed by atoms with Gasteiger partial charge < -0.3 is 10.1 Å². The molecule has 0 aliphatic heterocycles. The zero-order valence-electron chi connectivity index (χ0n) is 16.0. The van der Waals surface area contributed by atoms with Gasteiger partial charge >= 0.3 is 5.97 Å². The van der Waals surface area contributed by atoms with E-state index in [1.54, 1.807) is 19.9 Å². The van der Waals surface area contributed by atoms with Gasteiger partial charge in [0.25, 0.3) is 5.91 Å². The predicted octanol–water partition coefficient (Wildman–Crippen LogP) is 2.59. The molecule has 0 bridgehead atoms. The molecule has 0 aromatic heterocycles. The van der Waals surface area contributed by atoms with Crippen molar-refractivity contribution in [3.8, 4) is 0 Å². The van der Waals surface area contributed by atoms with Crippen LogP contribution in [0.1, 0.15) is 13.8 Å². The number of hydrogen-bond acceptors (Lipinski definition) is 5. The van der Waals surface area contributed by atoms with Gasteiger partial charge in [0.1, 0.15) is 6.04 Å². The van der Waals surface area contributed by atoms with E-state index in [0.717, 1.165) is 6.07 Å². The molecule has 0 heterocycles. The van der Waals surface area contributed by atoms with Crippen molar-refractivity contribution in [2.24, 2.45) is 5.92 Å². The smallest absolute Gasteiger partial charge is 0.324 e. The molecule has 7 nitrogen and oxygen atoms in total. The molecule has 11 heteroatoms. The number of carbonyl (C=O) groups excluding carboxylic acids is 2. The van der Waals surface area contributed by atoms with Gasteiger partial charge in [-0.1, -0.05) is 32.0 Å². The van der Waals surface area contributed by atoms with E-state index >= 15 is 0 Å². The Bertz CT molecular complexity index is 1030. The van der Waals surface area contributed by atoms with Crippen LogP contribution in [-0.2, 0) is 24.3 Å². The number of anilines is 1. The van der Waals surface area contributed by atoms with Crippen LogP contribution in [0.5, 0.6) is 0 Å². The van der Waals surface area contributed by atoms with Crippen molar-refractivity contribution >= 4 is 27.6 Å². The van der Waals surface area contributed by atoms with E-state index in [4.69, 9.17) is 4.74 Å². The topological polar surface area (TPSA) is 102 Å². The molecule has 30 heavy (non-hydrogen) atoms. The molecule has 0 aliphatic rings. The molecule has 0 radical (unpaired) electrons. The molecule has 0 unspecified atom stereocenters. The van der Waals surface area contributed by atoms with Gasteiger partial charge in [-0.25, -0.2) is 21.6 Å². The number of ether oxygens (including phenoxy) is 1. The van der Waals surface area contributed by atoms with Crippen LogP contribution in [-0.4, -0.2) is 32.9 Å². The molecule has 1 atom stereocenters. The minimum absolute atomic E-state index is 0.0602. The summed E-state index contributed by atoms with van der Waals surface area (Å²) in [5, 5.41) is 1.94. The van der Waals surface area contributed by atoms with Gasteiger partial charge in [0.15, 0.2) is 24.1 Å². The fraction of sp³-hybridized carbons (Fsp3) is 0.263. The first-order chi connectivity index (χ1) is 14.0. The van der Waals surface area contributed by atoms with Crippen LogP contribution >= 0.6 is 0 Å². The number of esters is 1. The van der Waals surface area contributed by atoms with Gasteiger partial charge in [0.2, 0.25) is 10.0 Å². The van der Waals surface area contributed by atoms with Gasteiger partial charge in [-0.15, -0.1) is 0 Å². The Balaban J connectivity index is 2.02. The lowest BCUT2D eigenvalue weighted by molar-refractivity contribution is -0.150. The van der Waals surface area contributed by atoms with E-state index < -0.39 is 63.6 Å². The summed E-state index contributed by atoms with van der Waals surface area (Å²) >= 11 is 0. The largest absolute Gasteiger partial charge is 0.454 e. The summed E-state index contributed by atoms with van der Waals surface area (Å²) in [6.07, 6.45) is 0. The van der Waals surface area contributed by atoms with Crippen molar-refractivity contribution in [2.75, 3.05) is 11.9 Å². The third-order valence-corrected chi connectivity index (χ3v) is 5.37. The van der Waals surface area contributed by atoms with E-state index in [9.17, 15) is 31.2 Å². The first kappa shape index (κ1) is 23.4. The summed E-state index contributed by atoms with van der Waals surface area (Å²) in [4.78, 5) is 24.1. The highest BCUT2D eigenvalue weighted by Gasteiger charge is 2.30. The molecule has 2 aromatic carbocycles. The minimum atomic E-state index is -4.03. The number of hydrogen-bond donors (Lipinski definition) is 2. The molecule has 0 saturated heterocycles. The maximum Gasteiger partial charge on any atom is 0.324 e. The van der Waals surface area contributed by atoms with E-state index in [1.807, 2.05) is 5.32 Å². The maximum absolute atomic E-state index is 13.6. The molecular weight excluding hydrogens is 425 g/mol. The van der Waals surface area contributed by atoms with Gasteiger partial charge in [-0.3, -0.25) is 9.59 Å². The van der Waals surface area contributed by atoms with Crippen molar-refractivity contribution in [3.63, 3.8) is 0 Å². The summed E-state index contributed by atoms with van der Waals surface area (Å²) in [6.45, 7) is 2.24. The molecule has 0 aliphatic carbocycles. The van der Waals surface area contributed by atoms with Crippen LogP contribution in [0, 0.1) is 23.4 Å². The highest BCUT2D eigenvalue weighted by molar-refractivity contribution is 7.89. The second-order valence-corrected chi connectivity index (χ2v) is 8.25. The number of halogens is 3. The summed E-state index contributed by atoms with van der Waals surface area (Å²) in [5.41, 5.74) is -0.639. The Kier molecular flexibility index (Phi) is 7.57. The quantitative estimate of drug-likeness (QED) is 0.482. The van der Waals surface area contributed by atoms with E-state index in [0.29, 0.717) is 6.07 Å². The van der Waals surface area contributed by atoms with E-state index in [2.05, 4.69) is 4.72 Å². The van der Waals surface area contributed by atoms with Crippen LogP contribution in [0.4, 0.5) is 18.9 Å². The maximum atomic E-state index is 13.6. The third-order valence-electron chi connectivity index (χ3n) is 3.91. The fourth-order valence-corrected chi connectivity index (χ4v) is 3.68. The minimum Gasteiger partial charge on any atom is -0.454 e. The summed E-state index contributed by atoms with van der Waals surface area (Å²) in [5.74, 6) is -7.39. The molecule has 2 aromatic rings. The molecule has 0 saturated carbocycles. The van der Waals surface area contributed by atoms with Gasteiger partial charge in [0.05, 0.1) is 10.6 Å². The SMILES string of the molecule is CC(C)[C@H](NS(=O)(=O)c1ccccc1)C(=O)OCC(=O)Nc1ccc(F)c(F)c1F. The van der Waals surface area contributed by atoms with E-state index in [1.165, 1.54) is 24.3 Å². The molecule has 0 fully saturated rings. The Labute approximate surface area is 171 Å². The Hall–Kier alpha value is -2.92. The Morgan fingerprint density at radius 3 is 2.23 bits per heavy atom. The van der Waals surface area contributed by atoms with Crippen LogP contribution in [0.3, 0.4) is 0 Å². The van der Waals surface area contributed by atoms with Crippen molar-refractivity contribution in [1.29, 1.82) is 0 Å². The fourth-order valence-electron chi connectivity index (χ4n) is 2.33. The molecule has 2 rings (SSSR count). The lowest BCUT2D eigenvalue weighted by Gasteiger charge is -2.20. The molecule has 1 amide bonds. The average Bonchev–Trinajstić information content (AvgIpc) is 2.71. The lowest BCUT2D eigenvalue weighted by Crippen LogP contribution is -2.45. The normalized spacial score (nSPS) is 12.5. The number of rotatable bonds is 8. The summed E-state index contributed by atoms with van der Waals surface area (Å²) in [7, 11) is -4.03. The van der Waals surface area contributed by atoms with Crippen LogP contribution < -0.4 is 10.0 Å². The number of carbonyl (C=O) groups is 2. The molecule has 0 spiro atoms. The Morgan fingerprint density at radius 1 is 1.00 bits per heavy atom. The second kappa shape index (κ2) is 9.72. The van der Waals surface area contributed by atoms with Crippen molar-refractivity contribution < 1.29 is 35.9 Å².